The number of hydrogen-bond acceptors (Lipinski definition) is 4. The van der Waals surface area contributed by atoms with Gasteiger partial charge in [-0.05, 0) is 64.2 Å². The molecule has 2 heterocycles. The molecule has 128 valence electrons. The lowest BCUT2D eigenvalue weighted by atomic mass is 9.72. The first-order valence-corrected chi connectivity index (χ1v) is 10.5. The van der Waals surface area contributed by atoms with Gasteiger partial charge in [0, 0.05) is 15.1 Å². The van der Waals surface area contributed by atoms with Crippen molar-refractivity contribution in [3.8, 4) is 0 Å². The van der Waals surface area contributed by atoms with Gasteiger partial charge in [0.2, 0.25) is 0 Å². The van der Waals surface area contributed by atoms with Gasteiger partial charge >= 0.3 is 0 Å². The zero-order valence-electron chi connectivity index (χ0n) is 14.1. The smallest absolute Gasteiger partial charge is 0.267 e. The van der Waals surface area contributed by atoms with Crippen molar-refractivity contribution in [1.29, 1.82) is 0 Å². The molecule has 0 fully saturated rings. The summed E-state index contributed by atoms with van der Waals surface area (Å²) < 4.78 is 1.05. The fourth-order valence-corrected chi connectivity index (χ4v) is 5.51. The minimum Gasteiger partial charge on any atom is -0.267 e. The van der Waals surface area contributed by atoms with E-state index in [2.05, 4.69) is 47.2 Å². The van der Waals surface area contributed by atoms with Crippen LogP contribution in [0.15, 0.2) is 26.4 Å². The van der Waals surface area contributed by atoms with Gasteiger partial charge < -0.3 is 0 Å². The average Bonchev–Trinajstić information content (AvgIpc) is 3.11. The monoisotopic (exact) mass is 424 g/mol. The minimum atomic E-state index is -0.103. The molecule has 0 radical (unpaired) electrons. The number of hydrazone groups is 1. The zero-order chi connectivity index (χ0) is 17.3. The van der Waals surface area contributed by atoms with Crippen molar-refractivity contribution in [1.82, 2.24) is 5.43 Å². The molecule has 1 unspecified atom stereocenters. The van der Waals surface area contributed by atoms with Crippen molar-refractivity contribution in [2.24, 2.45) is 16.4 Å². The van der Waals surface area contributed by atoms with Gasteiger partial charge in [-0.15, -0.1) is 22.7 Å². The Bertz CT molecular complexity index is 770. The molecule has 24 heavy (non-hydrogen) atoms. The summed E-state index contributed by atoms with van der Waals surface area (Å²) in [4.78, 5) is 14.8. The Morgan fingerprint density at radius 2 is 2.21 bits per heavy atom. The minimum absolute atomic E-state index is 0.103. The number of carbonyl (C=O) groups excluding carboxylic acids is 1. The Labute approximate surface area is 159 Å². The summed E-state index contributed by atoms with van der Waals surface area (Å²) in [5.41, 5.74) is 5.01. The van der Waals surface area contributed by atoms with Gasteiger partial charge in [-0.3, -0.25) is 4.79 Å². The van der Waals surface area contributed by atoms with Crippen molar-refractivity contribution < 1.29 is 4.79 Å². The molecule has 0 bridgehead atoms. The highest BCUT2D eigenvalue weighted by atomic mass is 79.9. The van der Waals surface area contributed by atoms with E-state index in [4.69, 9.17) is 0 Å². The van der Waals surface area contributed by atoms with E-state index in [1.165, 1.54) is 10.4 Å². The fourth-order valence-electron chi connectivity index (χ4n) is 3.05. The molecule has 2 aromatic heterocycles. The molecule has 1 aliphatic rings. The first-order chi connectivity index (χ1) is 11.3. The van der Waals surface area contributed by atoms with Crippen LogP contribution in [-0.2, 0) is 12.8 Å². The molecule has 0 aromatic carbocycles. The van der Waals surface area contributed by atoms with Crippen molar-refractivity contribution in [2.45, 2.75) is 40.0 Å². The van der Waals surface area contributed by atoms with Crippen molar-refractivity contribution >= 4 is 50.7 Å². The molecule has 0 saturated heterocycles. The topological polar surface area (TPSA) is 41.5 Å². The van der Waals surface area contributed by atoms with E-state index < -0.39 is 0 Å². The van der Waals surface area contributed by atoms with Gasteiger partial charge in [-0.25, -0.2) is 5.43 Å². The van der Waals surface area contributed by atoms with Crippen LogP contribution < -0.4 is 5.43 Å². The lowest BCUT2D eigenvalue weighted by molar-refractivity contribution is 0.0954. The Hall–Kier alpha value is -0.980. The number of nitrogens with one attached hydrogen (secondary N) is 1. The van der Waals surface area contributed by atoms with Gasteiger partial charge in [-0.1, -0.05) is 20.8 Å². The van der Waals surface area contributed by atoms with Gasteiger partial charge in [0.1, 0.15) is 0 Å². The third kappa shape index (κ3) is 3.98. The van der Waals surface area contributed by atoms with Crippen LogP contribution in [0.2, 0.25) is 0 Å². The van der Waals surface area contributed by atoms with E-state index in [9.17, 15) is 4.79 Å². The molecular weight excluding hydrogens is 404 g/mol. The van der Waals surface area contributed by atoms with Crippen LogP contribution in [-0.4, -0.2) is 12.1 Å². The number of rotatable bonds is 3. The van der Waals surface area contributed by atoms with E-state index in [1.807, 2.05) is 17.5 Å². The predicted molar refractivity (Wildman–Crippen MR) is 106 cm³/mol. The summed E-state index contributed by atoms with van der Waals surface area (Å²) in [6, 6.07) is 3.93. The number of fused-ring (bicyclic) bond motifs is 1. The largest absolute Gasteiger partial charge is 0.272 e. The zero-order valence-corrected chi connectivity index (χ0v) is 17.3. The Balaban J connectivity index is 1.67. The van der Waals surface area contributed by atoms with E-state index in [0.717, 1.165) is 33.5 Å². The SMILES string of the molecule is CC(C)(C)C1CCc2c(C(=O)NN=Cc3ccc(Br)s3)csc2C1. The van der Waals surface area contributed by atoms with Crippen LogP contribution in [0.3, 0.4) is 0 Å². The molecule has 1 amide bonds. The molecule has 6 heteroatoms. The lowest BCUT2D eigenvalue weighted by Crippen LogP contribution is -2.27. The lowest BCUT2D eigenvalue weighted by Gasteiger charge is -2.33. The number of hydrogen-bond donors (Lipinski definition) is 1. The summed E-state index contributed by atoms with van der Waals surface area (Å²) in [5.74, 6) is 0.587. The number of carbonyl (C=O) groups is 1. The first kappa shape index (κ1) is 17.8. The second-order valence-electron chi connectivity index (χ2n) is 7.20. The average molecular weight is 425 g/mol. The second kappa shape index (κ2) is 7.10. The highest BCUT2D eigenvalue weighted by molar-refractivity contribution is 9.11. The van der Waals surface area contributed by atoms with Crippen LogP contribution in [0.5, 0.6) is 0 Å². The summed E-state index contributed by atoms with van der Waals surface area (Å²) in [6.45, 7) is 6.92. The molecule has 3 rings (SSSR count). The van der Waals surface area contributed by atoms with Gasteiger partial charge in [0.05, 0.1) is 15.6 Å². The van der Waals surface area contributed by atoms with Gasteiger partial charge in [-0.2, -0.15) is 5.10 Å². The van der Waals surface area contributed by atoms with Crippen LogP contribution in [0, 0.1) is 11.3 Å². The molecule has 2 aromatic rings. The Morgan fingerprint density at radius 1 is 1.42 bits per heavy atom. The van der Waals surface area contributed by atoms with Crippen molar-refractivity contribution in [3.63, 3.8) is 0 Å². The first-order valence-electron chi connectivity index (χ1n) is 8.02. The second-order valence-corrected chi connectivity index (χ2v) is 10.7. The van der Waals surface area contributed by atoms with Crippen LogP contribution in [0.4, 0.5) is 0 Å². The van der Waals surface area contributed by atoms with Gasteiger partial charge in [0.15, 0.2) is 0 Å². The molecular formula is C18H21BrN2OS2. The third-order valence-electron chi connectivity index (χ3n) is 4.58. The number of thiophene rings is 2. The summed E-state index contributed by atoms with van der Waals surface area (Å²) in [6.07, 6.45) is 4.91. The van der Waals surface area contributed by atoms with Crippen molar-refractivity contribution in [3.05, 3.63) is 42.2 Å². The van der Waals surface area contributed by atoms with Crippen LogP contribution in [0.1, 0.15) is 52.9 Å². The number of nitrogens with zero attached hydrogens (tertiary/aromatic N) is 1. The maximum Gasteiger partial charge on any atom is 0.272 e. The fraction of sp³-hybridized carbons (Fsp3) is 0.444. The quantitative estimate of drug-likeness (QED) is 0.513. The van der Waals surface area contributed by atoms with E-state index in [0.29, 0.717) is 11.3 Å². The molecule has 0 aliphatic heterocycles. The molecule has 1 atom stereocenters. The summed E-state index contributed by atoms with van der Waals surface area (Å²) in [5, 5.41) is 6.07. The highest BCUT2D eigenvalue weighted by Crippen LogP contribution is 2.40. The molecule has 3 nitrogen and oxygen atoms in total. The van der Waals surface area contributed by atoms with E-state index in [-0.39, 0.29) is 5.91 Å². The molecule has 1 N–H and O–H groups in total. The Kier molecular flexibility index (Phi) is 5.27. The van der Waals surface area contributed by atoms with Crippen molar-refractivity contribution in [2.75, 3.05) is 0 Å². The third-order valence-corrected chi connectivity index (χ3v) is 7.19. The summed E-state index contributed by atoms with van der Waals surface area (Å²) >= 11 is 6.71. The maximum atomic E-state index is 12.4. The molecule has 1 aliphatic carbocycles. The van der Waals surface area contributed by atoms with E-state index in [1.54, 1.807) is 28.9 Å². The maximum absolute atomic E-state index is 12.4. The standard InChI is InChI=1S/C18H21BrN2OS2/c1-18(2,3)11-4-6-13-14(10-23-15(13)8-11)17(22)21-20-9-12-5-7-16(19)24-12/h5,7,9-11H,4,6,8H2,1-3H3,(H,21,22). The number of halogens is 1. The van der Waals surface area contributed by atoms with E-state index >= 15 is 0 Å². The summed E-state index contributed by atoms with van der Waals surface area (Å²) in [7, 11) is 0. The van der Waals surface area contributed by atoms with Crippen LogP contribution in [0.25, 0.3) is 0 Å². The highest BCUT2D eigenvalue weighted by Gasteiger charge is 2.31. The predicted octanol–water partition coefficient (Wildman–Crippen LogP) is 5.49. The molecule has 0 spiro atoms. The normalized spacial score (nSPS) is 17.9. The Morgan fingerprint density at radius 3 is 2.88 bits per heavy atom. The molecule has 0 saturated carbocycles. The van der Waals surface area contributed by atoms with Gasteiger partial charge in [0.25, 0.3) is 5.91 Å². The van der Waals surface area contributed by atoms with Crippen LogP contribution >= 0.6 is 38.6 Å². The number of amides is 1.